The van der Waals surface area contributed by atoms with Gasteiger partial charge in [-0.1, -0.05) is 23.2 Å². The van der Waals surface area contributed by atoms with Gasteiger partial charge < -0.3 is 0 Å². The third-order valence-corrected chi connectivity index (χ3v) is 2.18. The van der Waals surface area contributed by atoms with Gasteiger partial charge >= 0.3 is 0 Å². The maximum Gasteiger partial charge on any atom is 0.138 e. The van der Waals surface area contributed by atoms with Crippen molar-refractivity contribution in [3.05, 3.63) is 10.3 Å². The van der Waals surface area contributed by atoms with Crippen LogP contribution in [0.15, 0.2) is 10.3 Å². The predicted molar refractivity (Wildman–Crippen MR) is 53.9 cm³/mol. The summed E-state index contributed by atoms with van der Waals surface area (Å²) in [7, 11) is 0. The summed E-state index contributed by atoms with van der Waals surface area (Å²) in [5.41, 5.74) is 0. The van der Waals surface area contributed by atoms with Crippen molar-refractivity contribution in [1.29, 1.82) is 0 Å². The maximum absolute atomic E-state index is 12.9. The molecule has 0 aromatic rings. The fourth-order valence-electron chi connectivity index (χ4n) is 0.834. The number of alkyl halides is 2. The van der Waals surface area contributed by atoms with E-state index >= 15 is 0 Å². The number of allylic oxidation sites excluding steroid dienone is 1. The second-order valence-electron chi connectivity index (χ2n) is 2.65. The number of hydrogen-bond acceptors (Lipinski definition) is 0. The molecular weight excluding hydrogens is 240 g/mol. The van der Waals surface area contributed by atoms with E-state index in [0.29, 0.717) is 18.7 Å². The molecule has 0 aromatic carbocycles. The zero-order valence-electron chi connectivity index (χ0n) is 7.00. The van der Waals surface area contributed by atoms with Gasteiger partial charge in [-0.15, -0.1) is 11.6 Å². The van der Waals surface area contributed by atoms with Crippen molar-refractivity contribution < 1.29 is 8.78 Å². The highest BCUT2D eigenvalue weighted by molar-refractivity contribution is 6.56. The van der Waals surface area contributed by atoms with Crippen molar-refractivity contribution in [1.82, 2.24) is 0 Å². The van der Waals surface area contributed by atoms with Gasteiger partial charge in [-0.05, 0) is 19.3 Å². The van der Waals surface area contributed by atoms with Crippen LogP contribution in [0.4, 0.5) is 8.78 Å². The molecule has 0 amide bonds. The number of hydrogen-bond donors (Lipinski definition) is 0. The van der Waals surface area contributed by atoms with Crippen molar-refractivity contribution in [3.8, 4) is 0 Å². The molecule has 0 N–H and O–H groups in total. The molecule has 0 aliphatic rings. The molecule has 0 fully saturated rings. The van der Waals surface area contributed by atoms with E-state index in [-0.39, 0.29) is 6.42 Å². The third kappa shape index (κ3) is 7.53. The summed E-state index contributed by atoms with van der Waals surface area (Å²) < 4.78 is 25.1. The molecule has 0 aliphatic carbocycles. The van der Waals surface area contributed by atoms with Crippen LogP contribution in [0.25, 0.3) is 0 Å². The van der Waals surface area contributed by atoms with E-state index in [4.69, 9.17) is 34.8 Å². The van der Waals surface area contributed by atoms with Gasteiger partial charge in [-0.3, -0.25) is 0 Å². The first-order valence-corrected chi connectivity index (χ1v) is 5.26. The van der Waals surface area contributed by atoms with Crippen molar-refractivity contribution in [3.63, 3.8) is 0 Å². The standard InChI is InChI=1S/C8H11Cl3F2/c9-4-2-1-3-6(12)5-7(13)8(10)11/h6H,1-5H2. The highest BCUT2D eigenvalue weighted by atomic mass is 35.5. The monoisotopic (exact) mass is 250 g/mol. The molecule has 0 saturated carbocycles. The van der Waals surface area contributed by atoms with Gasteiger partial charge in [0.15, 0.2) is 0 Å². The first kappa shape index (κ1) is 13.5. The van der Waals surface area contributed by atoms with E-state index in [1.54, 1.807) is 0 Å². The van der Waals surface area contributed by atoms with Crippen LogP contribution in [-0.2, 0) is 0 Å². The van der Waals surface area contributed by atoms with Crippen molar-refractivity contribution >= 4 is 34.8 Å². The molecule has 0 nitrogen and oxygen atoms in total. The summed E-state index contributed by atoms with van der Waals surface area (Å²) in [6, 6.07) is 0. The minimum Gasteiger partial charge on any atom is -0.247 e. The Morgan fingerprint density at radius 1 is 1.23 bits per heavy atom. The molecular formula is C8H11Cl3F2. The Hall–Kier alpha value is 0.470. The minimum atomic E-state index is -1.23. The van der Waals surface area contributed by atoms with E-state index in [1.807, 2.05) is 0 Å². The fraction of sp³-hybridized carbons (Fsp3) is 0.750. The summed E-state index contributed by atoms with van der Waals surface area (Å²) in [5, 5.41) is 0. The van der Waals surface area contributed by atoms with Crippen LogP contribution in [0.3, 0.4) is 0 Å². The van der Waals surface area contributed by atoms with Gasteiger partial charge in [0.1, 0.15) is 16.5 Å². The summed E-state index contributed by atoms with van der Waals surface area (Å²) in [6.07, 6.45) is 0.113. The number of halogens is 5. The Kier molecular flexibility index (Phi) is 8.12. The van der Waals surface area contributed by atoms with Crippen LogP contribution >= 0.6 is 34.8 Å². The van der Waals surface area contributed by atoms with Gasteiger partial charge in [-0.2, -0.15) is 0 Å². The smallest absolute Gasteiger partial charge is 0.138 e. The Morgan fingerprint density at radius 3 is 2.31 bits per heavy atom. The van der Waals surface area contributed by atoms with Gasteiger partial charge in [0.25, 0.3) is 0 Å². The minimum absolute atomic E-state index is 0.293. The van der Waals surface area contributed by atoms with E-state index < -0.39 is 16.5 Å². The Labute approximate surface area is 91.8 Å². The van der Waals surface area contributed by atoms with E-state index in [0.717, 1.165) is 6.42 Å². The maximum atomic E-state index is 12.9. The fourth-order valence-corrected chi connectivity index (χ4v) is 1.18. The molecule has 0 heterocycles. The van der Waals surface area contributed by atoms with E-state index in [2.05, 4.69) is 0 Å². The largest absolute Gasteiger partial charge is 0.247 e. The summed E-state index contributed by atoms with van der Waals surface area (Å²) >= 11 is 15.6. The summed E-state index contributed by atoms with van der Waals surface area (Å²) in [6.45, 7) is 0. The molecule has 0 aliphatic heterocycles. The van der Waals surface area contributed by atoms with Crippen LogP contribution in [0, 0.1) is 0 Å². The number of rotatable bonds is 6. The number of unbranched alkanes of at least 4 members (excludes halogenated alkanes) is 1. The molecule has 0 spiro atoms. The lowest BCUT2D eigenvalue weighted by atomic mass is 10.1. The average molecular weight is 252 g/mol. The van der Waals surface area contributed by atoms with Crippen molar-refractivity contribution in [2.24, 2.45) is 0 Å². The Balaban J connectivity index is 3.62. The van der Waals surface area contributed by atoms with Gasteiger partial charge in [0.05, 0.1) is 0 Å². The average Bonchev–Trinajstić information content (AvgIpc) is 2.04. The van der Waals surface area contributed by atoms with Crippen LogP contribution < -0.4 is 0 Å². The third-order valence-electron chi connectivity index (χ3n) is 1.51. The highest BCUT2D eigenvalue weighted by Crippen LogP contribution is 2.22. The van der Waals surface area contributed by atoms with Crippen LogP contribution in [0.2, 0.25) is 0 Å². The van der Waals surface area contributed by atoms with E-state index in [9.17, 15) is 8.78 Å². The predicted octanol–water partition coefficient (Wildman–Crippen LogP) is 4.74. The van der Waals surface area contributed by atoms with Crippen molar-refractivity contribution in [2.45, 2.75) is 31.9 Å². The molecule has 0 aromatic heterocycles. The zero-order chi connectivity index (χ0) is 10.3. The molecule has 78 valence electrons. The normalized spacial score (nSPS) is 12.7. The molecule has 1 atom stereocenters. The first-order valence-electron chi connectivity index (χ1n) is 3.97. The first-order chi connectivity index (χ1) is 6.07. The highest BCUT2D eigenvalue weighted by Gasteiger charge is 2.11. The molecule has 0 bridgehead atoms. The second kappa shape index (κ2) is 7.84. The summed E-state index contributed by atoms with van der Waals surface area (Å²) in [5.74, 6) is -0.289. The lowest BCUT2D eigenvalue weighted by Gasteiger charge is -2.05. The molecule has 0 saturated heterocycles. The molecule has 1 unspecified atom stereocenters. The SMILES string of the molecule is FC(CC(F)CCCCCl)=C(Cl)Cl. The lowest BCUT2D eigenvalue weighted by Crippen LogP contribution is -2.00. The quantitative estimate of drug-likeness (QED) is 0.472. The van der Waals surface area contributed by atoms with Gasteiger partial charge in [0, 0.05) is 12.3 Å². The Bertz CT molecular complexity index is 167. The summed E-state index contributed by atoms with van der Waals surface area (Å²) in [4.78, 5) is 0. The second-order valence-corrected chi connectivity index (χ2v) is 3.98. The zero-order valence-corrected chi connectivity index (χ0v) is 9.27. The van der Waals surface area contributed by atoms with Crippen LogP contribution in [-0.4, -0.2) is 12.1 Å². The van der Waals surface area contributed by atoms with E-state index in [1.165, 1.54) is 0 Å². The van der Waals surface area contributed by atoms with Crippen molar-refractivity contribution in [2.75, 3.05) is 5.88 Å². The van der Waals surface area contributed by atoms with Gasteiger partial charge in [0.2, 0.25) is 0 Å². The Morgan fingerprint density at radius 2 is 1.85 bits per heavy atom. The van der Waals surface area contributed by atoms with Crippen LogP contribution in [0.1, 0.15) is 25.7 Å². The lowest BCUT2D eigenvalue weighted by molar-refractivity contribution is 0.290. The molecule has 0 rings (SSSR count). The topological polar surface area (TPSA) is 0 Å². The van der Waals surface area contributed by atoms with Crippen LogP contribution in [0.5, 0.6) is 0 Å². The molecule has 5 heteroatoms. The van der Waals surface area contributed by atoms with Gasteiger partial charge in [-0.25, -0.2) is 8.78 Å². The molecule has 13 heavy (non-hydrogen) atoms. The molecule has 0 radical (unpaired) electrons.